The fourth-order valence-electron chi connectivity index (χ4n) is 1.80. The number of hydrogen-bond donors (Lipinski definition) is 2. The zero-order valence-corrected chi connectivity index (χ0v) is 9.22. The van der Waals surface area contributed by atoms with E-state index in [-0.39, 0.29) is 6.04 Å². The van der Waals surface area contributed by atoms with Crippen LogP contribution in [0, 0.1) is 0 Å². The Morgan fingerprint density at radius 2 is 2.38 bits per heavy atom. The SMILES string of the molecule is COC1=CC(N)(Cc2ccco2)C(N)C=C1. The van der Waals surface area contributed by atoms with Crippen molar-refractivity contribution in [2.75, 3.05) is 7.11 Å². The Morgan fingerprint density at radius 3 is 3.00 bits per heavy atom. The van der Waals surface area contributed by atoms with Gasteiger partial charge in [-0.2, -0.15) is 0 Å². The highest BCUT2D eigenvalue weighted by Crippen LogP contribution is 2.23. The molecule has 0 saturated carbocycles. The van der Waals surface area contributed by atoms with Crippen LogP contribution in [-0.2, 0) is 11.2 Å². The van der Waals surface area contributed by atoms with Crippen molar-refractivity contribution in [1.29, 1.82) is 0 Å². The summed E-state index contributed by atoms with van der Waals surface area (Å²) in [5.41, 5.74) is 11.6. The van der Waals surface area contributed by atoms with Crippen LogP contribution in [0.25, 0.3) is 0 Å². The molecule has 0 amide bonds. The third kappa shape index (κ3) is 2.03. The average Bonchev–Trinajstić information content (AvgIpc) is 2.75. The Balaban J connectivity index is 2.22. The summed E-state index contributed by atoms with van der Waals surface area (Å²) in [6, 6.07) is 3.49. The lowest BCUT2D eigenvalue weighted by atomic mass is 9.83. The first-order valence-electron chi connectivity index (χ1n) is 5.16. The highest BCUT2D eigenvalue weighted by atomic mass is 16.5. The van der Waals surface area contributed by atoms with Crippen LogP contribution in [0.3, 0.4) is 0 Å². The maximum absolute atomic E-state index is 6.27. The second-order valence-corrected chi connectivity index (χ2v) is 4.00. The molecule has 4 heteroatoms. The van der Waals surface area contributed by atoms with Crippen LogP contribution in [0.4, 0.5) is 0 Å². The van der Waals surface area contributed by atoms with Gasteiger partial charge in [-0.3, -0.25) is 0 Å². The Kier molecular flexibility index (Phi) is 2.85. The molecule has 1 heterocycles. The summed E-state index contributed by atoms with van der Waals surface area (Å²) in [5, 5.41) is 0. The first-order valence-corrected chi connectivity index (χ1v) is 5.16. The maximum atomic E-state index is 6.27. The van der Waals surface area contributed by atoms with Gasteiger partial charge in [-0.15, -0.1) is 0 Å². The lowest BCUT2D eigenvalue weighted by Crippen LogP contribution is -2.55. The van der Waals surface area contributed by atoms with Gasteiger partial charge in [-0.05, 0) is 24.3 Å². The van der Waals surface area contributed by atoms with E-state index in [0.29, 0.717) is 6.42 Å². The molecule has 4 N–H and O–H groups in total. The van der Waals surface area contributed by atoms with E-state index in [0.717, 1.165) is 11.5 Å². The van der Waals surface area contributed by atoms with Crippen molar-refractivity contribution < 1.29 is 9.15 Å². The molecule has 0 saturated heterocycles. The molecule has 16 heavy (non-hydrogen) atoms. The average molecular weight is 220 g/mol. The molecule has 1 aliphatic carbocycles. The molecule has 0 aliphatic heterocycles. The monoisotopic (exact) mass is 220 g/mol. The number of allylic oxidation sites excluding steroid dienone is 1. The molecular formula is C12H16N2O2. The van der Waals surface area contributed by atoms with E-state index >= 15 is 0 Å². The van der Waals surface area contributed by atoms with Gasteiger partial charge in [0.2, 0.25) is 0 Å². The third-order valence-electron chi connectivity index (χ3n) is 2.80. The van der Waals surface area contributed by atoms with Crippen molar-refractivity contribution in [2.24, 2.45) is 11.5 Å². The van der Waals surface area contributed by atoms with Crippen molar-refractivity contribution in [2.45, 2.75) is 18.0 Å². The van der Waals surface area contributed by atoms with Crippen LogP contribution >= 0.6 is 0 Å². The molecule has 2 rings (SSSR count). The Hall–Kier alpha value is -1.52. The van der Waals surface area contributed by atoms with E-state index in [2.05, 4.69) is 0 Å². The van der Waals surface area contributed by atoms with Gasteiger partial charge in [0, 0.05) is 12.5 Å². The Bertz CT molecular complexity index is 409. The highest BCUT2D eigenvalue weighted by Gasteiger charge is 2.33. The normalized spacial score (nSPS) is 28.9. The first kappa shape index (κ1) is 11.0. The molecule has 0 spiro atoms. The number of rotatable bonds is 3. The van der Waals surface area contributed by atoms with Gasteiger partial charge in [0.15, 0.2) is 0 Å². The minimum atomic E-state index is -0.655. The lowest BCUT2D eigenvalue weighted by molar-refractivity contribution is 0.290. The zero-order valence-electron chi connectivity index (χ0n) is 9.22. The van der Waals surface area contributed by atoms with Crippen LogP contribution in [0.5, 0.6) is 0 Å². The maximum Gasteiger partial charge on any atom is 0.116 e. The van der Waals surface area contributed by atoms with E-state index in [1.54, 1.807) is 13.4 Å². The predicted molar refractivity (Wildman–Crippen MR) is 61.5 cm³/mol. The van der Waals surface area contributed by atoms with E-state index in [1.165, 1.54) is 0 Å². The van der Waals surface area contributed by atoms with Gasteiger partial charge in [-0.1, -0.05) is 6.08 Å². The number of ether oxygens (including phenoxy) is 1. The molecule has 0 aromatic carbocycles. The van der Waals surface area contributed by atoms with Gasteiger partial charge in [0.1, 0.15) is 11.5 Å². The van der Waals surface area contributed by atoms with Gasteiger partial charge >= 0.3 is 0 Å². The van der Waals surface area contributed by atoms with E-state index < -0.39 is 5.54 Å². The molecule has 4 nitrogen and oxygen atoms in total. The van der Waals surface area contributed by atoms with Gasteiger partial charge < -0.3 is 20.6 Å². The summed E-state index contributed by atoms with van der Waals surface area (Å²) >= 11 is 0. The summed E-state index contributed by atoms with van der Waals surface area (Å²) in [4.78, 5) is 0. The van der Waals surface area contributed by atoms with Crippen LogP contribution in [0.1, 0.15) is 5.76 Å². The second-order valence-electron chi connectivity index (χ2n) is 4.00. The van der Waals surface area contributed by atoms with Crippen molar-refractivity contribution in [3.05, 3.63) is 48.1 Å². The summed E-state index contributed by atoms with van der Waals surface area (Å²) < 4.78 is 10.5. The minimum absolute atomic E-state index is 0.239. The lowest BCUT2D eigenvalue weighted by Gasteiger charge is -2.32. The second kappa shape index (κ2) is 4.15. The summed E-state index contributed by atoms with van der Waals surface area (Å²) in [6.45, 7) is 0. The van der Waals surface area contributed by atoms with Gasteiger partial charge in [0.05, 0.1) is 18.9 Å². The van der Waals surface area contributed by atoms with Crippen LogP contribution in [0.15, 0.2) is 46.8 Å². The molecule has 1 aromatic rings. The molecule has 1 aromatic heterocycles. The molecule has 0 radical (unpaired) electrons. The zero-order chi connectivity index (χ0) is 11.6. The summed E-state index contributed by atoms with van der Waals surface area (Å²) in [7, 11) is 1.61. The third-order valence-corrected chi connectivity index (χ3v) is 2.80. The Morgan fingerprint density at radius 1 is 1.56 bits per heavy atom. The number of hydrogen-bond acceptors (Lipinski definition) is 4. The highest BCUT2D eigenvalue weighted by molar-refractivity contribution is 5.32. The molecule has 2 atom stereocenters. The van der Waals surface area contributed by atoms with E-state index in [4.69, 9.17) is 20.6 Å². The van der Waals surface area contributed by atoms with Gasteiger partial charge in [-0.25, -0.2) is 0 Å². The number of furan rings is 1. The van der Waals surface area contributed by atoms with Gasteiger partial charge in [0.25, 0.3) is 0 Å². The number of nitrogens with two attached hydrogens (primary N) is 2. The first-order chi connectivity index (χ1) is 7.64. The molecular weight excluding hydrogens is 204 g/mol. The number of methoxy groups -OCH3 is 1. The quantitative estimate of drug-likeness (QED) is 0.795. The summed E-state index contributed by atoms with van der Waals surface area (Å²) in [6.07, 6.45) is 7.71. The fraction of sp³-hybridized carbons (Fsp3) is 0.333. The topological polar surface area (TPSA) is 74.4 Å². The molecule has 0 bridgehead atoms. The molecule has 1 aliphatic rings. The van der Waals surface area contributed by atoms with Crippen molar-refractivity contribution >= 4 is 0 Å². The molecule has 2 unspecified atom stereocenters. The smallest absolute Gasteiger partial charge is 0.116 e. The largest absolute Gasteiger partial charge is 0.497 e. The Labute approximate surface area is 94.6 Å². The van der Waals surface area contributed by atoms with E-state index in [1.807, 2.05) is 30.4 Å². The fourth-order valence-corrected chi connectivity index (χ4v) is 1.80. The standard InChI is InChI=1S/C12H16N2O2/c1-15-9-4-5-11(13)12(14,7-9)8-10-3-2-6-16-10/h2-7,11H,8,13-14H2,1H3. The minimum Gasteiger partial charge on any atom is -0.497 e. The van der Waals surface area contributed by atoms with Crippen molar-refractivity contribution in [3.63, 3.8) is 0 Å². The van der Waals surface area contributed by atoms with E-state index in [9.17, 15) is 0 Å². The molecule has 86 valence electrons. The van der Waals surface area contributed by atoms with Crippen molar-refractivity contribution in [3.8, 4) is 0 Å². The van der Waals surface area contributed by atoms with Crippen LogP contribution in [-0.4, -0.2) is 18.7 Å². The van der Waals surface area contributed by atoms with Crippen LogP contribution < -0.4 is 11.5 Å². The van der Waals surface area contributed by atoms with Crippen LogP contribution in [0.2, 0.25) is 0 Å². The summed E-state index contributed by atoms with van der Waals surface area (Å²) in [5.74, 6) is 1.55. The molecule has 0 fully saturated rings. The predicted octanol–water partition coefficient (Wildman–Crippen LogP) is 0.947. The van der Waals surface area contributed by atoms with Crippen molar-refractivity contribution in [1.82, 2.24) is 0 Å².